The molecule has 0 aliphatic heterocycles. The molecule has 19 heavy (non-hydrogen) atoms. The number of hydrogen-bond acceptors (Lipinski definition) is 3. The standard InChI is InChI=1S/C14H13BrN4/c15-11-3-1-2-10(8-11)13-4-5-14-17-9-12(6-7-16)19(14)18-13/h1-5,8-9H,6-7,16H2. The first-order chi connectivity index (χ1) is 9.28. The van der Waals surface area contributed by atoms with E-state index in [1.165, 1.54) is 0 Å². The molecule has 0 amide bonds. The summed E-state index contributed by atoms with van der Waals surface area (Å²) in [7, 11) is 0. The second-order valence-corrected chi connectivity index (χ2v) is 5.20. The molecule has 0 atom stereocenters. The molecule has 5 heteroatoms. The third-order valence-corrected chi connectivity index (χ3v) is 3.45. The van der Waals surface area contributed by atoms with Crippen LogP contribution in [-0.4, -0.2) is 21.1 Å². The van der Waals surface area contributed by atoms with E-state index < -0.39 is 0 Å². The molecule has 2 heterocycles. The number of nitrogens with zero attached hydrogens (tertiary/aromatic N) is 3. The third kappa shape index (κ3) is 2.39. The summed E-state index contributed by atoms with van der Waals surface area (Å²) in [5, 5.41) is 4.64. The zero-order chi connectivity index (χ0) is 13.2. The molecule has 0 spiro atoms. The summed E-state index contributed by atoms with van der Waals surface area (Å²) in [5.41, 5.74) is 9.48. The summed E-state index contributed by atoms with van der Waals surface area (Å²) >= 11 is 3.48. The molecule has 3 aromatic rings. The van der Waals surface area contributed by atoms with E-state index in [9.17, 15) is 0 Å². The molecular weight excluding hydrogens is 304 g/mol. The summed E-state index contributed by atoms with van der Waals surface area (Å²) in [5.74, 6) is 0. The number of rotatable bonds is 3. The molecule has 2 aromatic heterocycles. The molecule has 0 radical (unpaired) electrons. The minimum absolute atomic E-state index is 0.594. The van der Waals surface area contributed by atoms with Gasteiger partial charge in [-0.1, -0.05) is 28.1 Å². The van der Waals surface area contributed by atoms with Crippen molar-refractivity contribution in [2.45, 2.75) is 6.42 Å². The maximum absolute atomic E-state index is 5.60. The van der Waals surface area contributed by atoms with Gasteiger partial charge in [0.25, 0.3) is 0 Å². The number of hydrogen-bond donors (Lipinski definition) is 1. The van der Waals surface area contributed by atoms with E-state index in [-0.39, 0.29) is 0 Å². The Morgan fingerprint density at radius 1 is 1.21 bits per heavy atom. The number of imidazole rings is 1. The van der Waals surface area contributed by atoms with Crippen molar-refractivity contribution in [3.8, 4) is 11.3 Å². The van der Waals surface area contributed by atoms with Crippen LogP contribution in [0, 0.1) is 0 Å². The van der Waals surface area contributed by atoms with Crippen molar-refractivity contribution in [1.82, 2.24) is 14.6 Å². The van der Waals surface area contributed by atoms with Crippen LogP contribution in [0.3, 0.4) is 0 Å². The molecule has 0 aliphatic carbocycles. The van der Waals surface area contributed by atoms with Crippen LogP contribution in [-0.2, 0) is 6.42 Å². The zero-order valence-electron chi connectivity index (χ0n) is 10.3. The Balaban J connectivity index is 2.12. The smallest absolute Gasteiger partial charge is 0.153 e. The number of nitrogens with two attached hydrogens (primary N) is 1. The first kappa shape index (κ1) is 12.3. The van der Waals surface area contributed by atoms with Gasteiger partial charge in [-0.05, 0) is 30.8 Å². The quantitative estimate of drug-likeness (QED) is 0.808. The van der Waals surface area contributed by atoms with Gasteiger partial charge in [-0.25, -0.2) is 9.50 Å². The lowest BCUT2D eigenvalue weighted by Crippen LogP contribution is -2.06. The van der Waals surface area contributed by atoms with Crippen molar-refractivity contribution in [3.63, 3.8) is 0 Å². The Kier molecular flexibility index (Phi) is 3.31. The molecular formula is C14H13BrN4. The largest absolute Gasteiger partial charge is 0.330 e. The van der Waals surface area contributed by atoms with Crippen LogP contribution < -0.4 is 5.73 Å². The summed E-state index contributed by atoms with van der Waals surface area (Å²) in [4.78, 5) is 4.33. The highest BCUT2D eigenvalue weighted by atomic mass is 79.9. The second-order valence-electron chi connectivity index (χ2n) is 4.29. The maximum Gasteiger partial charge on any atom is 0.153 e. The van der Waals surface area contributed by atoms with Crippen LogP contribution in [0.25, 0.3) is 16.9 Å². The lowest BCUT2D eigenvalue weighted by atomic mass is 10.1. The van der Waals surface area contributed by atoms with Gasteiger partial charge >= 0.3 is 0 Å². The predicted molar refractivity (Wildman–Crippen MR) is 78.9 cm³/mol. The lowest BCUT2D eigenvalue weighted by Gasteiger charge is -2.04. The van der Waals surface area contributed by atoms with Crippen LogP contribution in [0.5, 0.6) is 0 Å². The van der Waals surface area contributed by atoms with E-state index in [1.54, 1.807) is 0 Å². The van der Waals surface area contributed by atoms with E-state index in [1.807, 2.05) is 47.1 Å². The fourth-order valence-electron chi connectivity index (χ4n) is 2.04. The van der Waals surface area contributed by atoms with E-state index in [4.69, 9.17) is 5.73 Å². The Morgan fingerprint density at radius 3 is 2.89 bits per heavy atom. The molecule has 0 fully saturated rings. The van der Waals surface area contributed by atoms with Crippen LogP contribution in [0.15, 0.2) is 47.1 Å². The van der Waals surface area contributed by atoms with Gasteiger partial charge in [-0.3, -0.25) is 0 Å². The van der Waals surface area contributed by atoms with Crippen LogP contribution in [0.2, 0.25) is 0 Å². The Morgan fingerprint density at radius 2 is 2.11 bits per heavy atom. The molecule has 0 saturated heterocycles. The normalized spacial score (nSPS) is 11.1. The summed E-state index contributed by atoms with van der Waals surface area (Å²) in [6.45, 7) is 0.594. The van der Waals surface area contributed by atoms with Gasteiger partial charge in [-0.2, -0.15) is 5.10 Å². The second kappa shape index (κ2) is 5.11. The van der Waals surface area contributed by atoms with Crippen molar-refractivity contribution in [3.05, 3.63) is 52.8 Å². The van der Waals surface area contributed by atoms with Crippen molar-refractivity contribution in [2.75, 3.05) is 6.54 Å². The molecule has 0 unspecified atom stereocenters. The highest BCUT2D eigenvalue weighted by Gasteiger charge is 2.06. The van der Waals surface area contributed by atoms with Crippen LogP contribution in [0.1, 0.15) is 5.69 Å². The van der Waals surface area contributed by atoms with Crippen molar-refractivity contribution >= 4 is 21.6 Å². The fourth-order valence-corrected chi connectivity index (χ4v) is 2.44. The topological polar surface area (TPSA) is 56.2 Å². The zero-order valence-corrected chi connectivity index (χ0v) is 11.8. The van der Waals surface area contributed by atoms with Gasteiger partial charge in [0, 0.05) is 16.5 Å². The van der Waals surface area contributed by atoms with Gasteiger partial charge in [0.2, 0.25) is 0 Å². The molecule has 0 bridgehead atoms. The van der Waals surface area contributed by atoms with Crippen molar-refractivity contribution in [2.24, 2.45) is 5.73 Å². The van der Waals surface area contributed by atoms with Crippen molar-refractivity contribution < 1.29 is 0 Å². The van der Waals surface area contributed by atoms with E-state index >= 15 is 0 Å². The number of halogens is 1. The van der Waals surface area contributed by atoms with Gasteiger partial charge < -0.3 is 5.73 Å². The Bertz CT molecular complexity index is 720. The predicted octanol–water partition coefficient (Wildman–Crippen LogP) is 2.66. The summed E-state index contributed by atoms with van der Waals surface area (Å²) in [6, 6.07) is 12.0. The molecule has 4 nitrogen and oxygen atoms in total. The summed E-state index contributed by atoms with van der Waals surface area (Å²) in [6.07, 6.45) is 2.61. The van der Waals surface area contributed by atoms with Gasteiger partial charge in [-0.15, -0.1) is 0 Å². The molecule has 96 valence electrons. The van der Waals surface area contributed by atoms with E-state index in [0.29, 0.717) is 6.54 Å². The third-order valence-electron chi connectivity index (χ3n) is 2.95. The minimum Gasteiger partial charge on any atom is -0.330 e. The van der Waals surface area contributed by atoms with E-state index in [2.05, 4.69) is 26.0 Å². The average Bonchev–Trinajstić information content (AvgIpc) is 2.82. The SMILES string of the molecule is NCCc1cnc2ccc(-c3cccc(Br)c3)nn12. The molecule has 2 N–H and O–H groups in total. The Labute approximate surface area is 119 Å². The van der Waals surface area contributed by atoms with E-state index in [0.717, 1.165) is 33.5 Å². The first-order valence-electron chi connectivity index (χ1n) is 6.07. The van der Waals surface area contributed by atoms with Crippen LogP contribution in [0.4, 0.5) is 0 Å². The van der Waals surface area contributed by atoms with Gasteiger partial charge in [0.15, 0.2) is 5.65 Å². The van der Waals surface area contributed by atoms with Gasteiger partial charge in [0.05, 0.1) is 17.6 Å². The Hall–Kier alpha value is -1.72. The monoisotopic (exact) mass is 316 g/mol. The lowest BCUT2D eigenvalue weighted by molar-refractivity contribution is 0.830. The molecule has 3 rings (SSSR count). The number of fused-ring (bicyclic) bond motifs is 1. The maximum atomic E-state index is 5.60. The minimum atomic E-state index is 0.594. The first-order valence-corrected chi connectivity index (χ1v) is 6.87. The molecule has 0 aliphatic rings. The van der Waals surface area contributed by atoms with Crippen LogP contribution >= 0.6 is 15.9 Å². The average molecular weight is 317 g/mol. The van der Waals surface area contributed by atoms with Crippen molar-refractivity contribution in [1.29, 1.82) is 0 Å². The number of aromatic nitrogens is 3. The highest BCUT2D eigenvalue weighted by molar-refractivity contribution is 9.10. The van der Waals surface area contributed by atoms with Gasteiger partial charge in [0.1, 0.15) is 0 Å². The molecule has 1 aromatic carbocycles. The number of benzene rings is 1. The molecule has 0 saturated carbocycles. The fraction of sp³-hybridized carbons (Fsp3) is 0.143. The summed E-state index contributed by atoms with van der Waals surface area (Å²) < 4.78 is 2.91. The highest BCUT2D eigenvalue weighted by Crippen LogP contribution is 2.21.